The van der Waals surface area contributed by atoms with Gasteiger partial charge in [0, 0.05) is 34.2 Å². The monoisotopic (exact) mass is 429 g/mol. The summed E-state index contributed by atoms with van der Waals surface area (Å²) < 4.78 is 2.15. The number of imide groups is 1. The fraction of sp³-hybridized carbons (Fsp3) is 0.240. The molecule has 5 nitrogen and oxygen atoms in total. The minimum absolute atomic E-state index is 0.159. The molecule has 2 fully saturated rings. The summed E-state index contributed by atoms with van der Waals surface area (Å²) in [6.07, 6.45) is 8.76. The topological polar surface area (TPSA) is 54.7 Å². The molecule has 0 radical (unpaired) electrons. The maximum atomic E-state index is 12.9. The van der Waals surface area contributed by atoms with E-state index >= 15 is 0 Å². The molecular weight excluding hydrogens is 410 g/mol. The number of para-hydroxylation sites is 1. The van der Waals surface area contributed by atoms with Gasteiger partial charge in [-0.2, -0.15) is 10.1 Å². The minimum atomic E-state index is -0.231. The molecule has 0 N–H and O–H groups in total. The van der Waals surface area contributed by atoms with E-state index in [4.69, 9.17) is 11.6 Å². The number of benzene rings is 2. The summed E-state index contributed by atoms with van der Waals surface area (Å²) in [5.41, 5.74) is 3.08. The maximum Gasteiger partial charge on any atom is 0.254 e. The number of amides is 2. The van der Waals surface area contributed by atoms with Crippen LogP contribution in [-0.4, -0.2) is 27.6 Å². The Hall–Kier alpha value is -3.18. The highest BCUT2D eigenvalue weighted by atomic mass is 35.5. The molecule has 2 heterocycles. The third-order valence-electron chi connectivity index (χ3n) is 6.84. The second-order valence-corrected chi connectivity index (χ2v) is 9.03. The molecule has 2 amide bonds. The van der Waals surface area contributed by atoms with Crippen LogP contribution >= 0.6 is 11.6 Å². The van der Waals surface area contributed by atoms with Crippen molar-refractivity contribution in [3.05, 3.63) is 83.0 Å². The summed E-state index contributed by atoms with van der Waals surface area (Å²) >= 11 is 6.01. The number of aromatic nitrogens is 1. The number of allylic oxidation sites excluding steroid dienone is 2. The molecule has 154 valence electrons. The van der Waals surface area contributed by atoms with Crippen LogP contribution in [0.2, 0.25) is 5.02 Å². The number of halogens is 1. The van der Waals surface area contributed by atoms with E-state index in [1.165, 1.54) is 0 Å². The highest BCUT2D eigenvalue weighted by Crippen LogP contribution is 2.52. The van der Waals surface area contributed by atoms with Gasteiger partial charge in [0.2, 0.25) is 0 Å². The molecule has 31 heavy (non-hydrogen) atoms. The first-order valence-electron chi connectivity index (χ1n) is 10.5. The van der Waals surface area contributed by atoms with E-state index in [9.17, 15) is 9.59 Å². The summed E-state index contributed by atoms with van der Waals surface area (Å²) in [7, 11) is 0. The van der Waals surface area contributed by atoms with E-state index in [2.05, 4.69) is 27.9 Å². The predicted molar refractivity (Wildman–Crippen MR) is 120 cm³/mol. The molecule has 2 bridgehead atoms. The first-order valence-corrected chi connectivity index (χ1v) is 10.9. The molecule has 3 aromatic rings. The molecule has 0 unspecified atom stereocenters. The minimum Gasteiger partial charge on any atom is -0.342 e. The van der Waals surface area contributed by atoms with Crippen LogP contribution in [0.3, 0.4) is 0 Å². The van der Waals surface area contributed by atoms with Gasteiger partial charge in [0.25, 0.3) is 11.8 Å². The quantitative estimate of drug-likeness (QED) is 0.348. The Balaban J connectivity index is 1.31. The summed E-state index contributed by atoms with van der Waals surface area (Å²) in [6, 6.07) is 15.8. The Bertz CT molecular complexity index is 1240. The second kappa shape index (κ2) is 6.92. The van der Waals surface area contributed by atoms with Crippen molar-refractivity contribution in [2.45, 2.75) is 13.0 Å². The first kappa shape index (κ1) is 18.6. The summed E-state index contributed by atoms with van der Waals surface area (Å²) in [5, 5.41) is 7.21. The van der Waals surface area contributed by atoms with Crippen LogP contribution in [0.4, 0.5) is 0 Å². The molecule has 2 aliphatic carbocycles. The molecule has 0 spiro atoms. The molecule has 1 saturated carbocycles. The van der Waals surface area contributed by atoms with E-state index in [-0.39, 0.29) is 35.5 Å². The van der Waals surface area contributed by atoms with Crippen molar-refractivity contribution in [2.75, 3.05) is 0 Å². The molecule has 1 aromatic heterocycles. The highest BCUT2D eigenvalue weighted by Gasteiger charge is 2.59. The number of nitrogens with zero attached hydrogens (tertiary/aromatic N) is 3. The highest BCUT2D eigenvalue weighted by molar-refractivity contribution is 6.30. The molecule has 3 aliphatic rings. The van der Waals surface area contributed by atoms with Gasteiger partial charge in [-0.15, -0.1) is 0 Å². The zero-order valence-corrected chi connectivity index (χ0v) is 17.4. The van der Waals surface area contributed by atoms with Crippen LogP contribution in [0.25, 0.3) is 10.9 Å². The number of rotatable bonds is 4. The molecule has 1 aliphatic heterocycles. The standard InChI is InChI=1S/C25H20ClN3O2/c26-19-9-5-15(6-10-19)13-28-14-18(20-3-1-2-4-21(20)28)12-27-29-24(30)22-16-7-8-17(11-16)23(22)25(29)31/h1-10,12,14,16-17,22-23H,11,13H2/t16-,17-,22-,23+/m0/s1. The number of hydrogen-bond acceptors (Lipinski definition) is 3. The molecule has 6 heteroatoms. The van der Waals surface area contributed by atoms with E-state index in [1.807, 2.05) is 48.7 Å². The van der Waals surface area contributed by atoms with E-state index < -0.39 is 0 Å². The van der Waals surface area contributed by atoms with Crippen LogP contribution in [0, 0.1) is 23.7 Å². The molecule has 1 saturated heterocycles. The number of carbonyl (C=O) groups excluding carboxylic acids is 2. The van der Waals surface area contributed by atoms with Gasteiger partial charge in [-0.25, -0.2) is 0 Å². The van der Waals surface area contributed by atoms with Gasteiger partial charge in [0.1, 0.15) is 0 Å². The zero-order valence-electron chi connectivity index (χ0n) is 16.7. The lowest BCUT2D eigenvalue weighted by Gasteiger charge is -2.13. The van der Waals surface area contributed by atoms with Crippen molar-refractivity contribution >= 4 is 40.5 Å². The fourth-order valence-electron chi connectivity index (χ4n) is 5.42. The summed E-state index contributed by atoms with van der Waals surface area (Å²) in [5.74, 6) is -0.404. The van der Waals surface area contributed by atoms with Crippen molar-refractivity contribution < 1.29 is 9.59 Å². The predicted octanol–water partition coefficient (Wildman–Crippen LogP) is 4.48. The summed E-state index contributed by atoms with van der Waals surface area (Å²) in [4.78, 5) is 25.8. The zero-order chi connectivity index (χ0) is 21.1. The van der Waals surface area contributed by atoms with Gasteiger partial charge in [-0.1, -0.05) is 54.1 Å². The van der Waals surface area contributed by atoms with Gasteiger partial charge >= 0.3 is 0 Å². The lowest BCUT2D eigenvalue weighted by Crippen LogP contribution is -2.28. The van der Waals surface area contributed by atoms with Gasteiger partial charge in [0.05, 0.1) is 18.1 Å². The Labute approximate surface area is 184 Å². The van der Waals surface area contributed by atoms with Crippen LogP contribution in [-0.2, 0) is 16.1 Å². The third-order valence-corrected chi connectivity index (χ3v) is 7.10. The number of fused-ring (bicyclic) bond motifs is 6. The van der Waals surface area contributed by atoms with Crippen molar-refractivity contribution in [3.8, 4) is 0 Å². The average Bonchev–Trinajstić information content (AvgIpc) is 3.53. The first-order chi connectivity index (χ1) is 15.1. The van der Waals surface area contributed by atoms with Crippen molar-refractivity contribution in [1.82, 2.24) is 9.58 Å². The fourth-order valence-corrected chi connectivity index (χ4v) is 5.54. The van der Waals surface area contributed by atoms with Crippen LogP contribution < -0.4 is 0 Å². The molecular formula is C25H20ClN3O2. The number of carbonyl (C=O) groups is 2. The Kier molecular flexibility index (Phi) is 4.15. The van der Waals surface area contributed by atoms with Crippen LogP contribution in [0.5, 0.6) is 0 Å². The number of hydrazone groups is 1. The Morgan fingerprint density at radius 2 is 1.65 bits per heavy atom. The van der Waals surface area contributed by atoms with E-state index in [1.54, 1.807) is 6.21 Å². The van der Waals surface area contributed by atoms with E-state index in [0.29, 0.717) is 11.6 Å². The average molecular weight is 430 g/mol. The van der Waals surface area contributed by atoms with E-state index in [0.717, 1.165) is 33.5 Å². The van der Waals surface area contributed by atoms with Gasteiger partial charge < -0.3 is 4.57 Å². The summed E-state index contributed by atoms with van der Waals surface area (Å²) in [6.45, 7) is 0.687. The van der Waals surface area contributed by atoms with Gasteiger partial charge in [-0.05, 0) is 42.0 Å². The van der Waals surface area contributed by atoms with Crippen molar-refractivity contribution in [1.29, 1.82) is 0 Å². The maximum absolute atomic E-state index is 12.9. The number of hydrogen-bond donors (Lipinski definition) is 0. The third kappa shape index (κ3) is 2.87. The molecule has 2 aromatic carbocycles. The molecule has 4 atom stereocenters. The Morgan fingerprint density at radius 3 is 2.35 bits per heavy atom. The van der Waals surface area contributed by atoms with Crippen LogP contribution in [0.15, 0.2) is 72.0 Å². The Morgan fingerprint density at radius 1 is 0.968 bits per heavy atom. The smallest absolute Gasteiger partial charge is 0.254 e. The van der Waals surface area contributed by atoms with Gasteiger partial charge in [0.15, 0.2) is 0 Å². The lowest BCUT2D eigenvalue weighted by atomic mass is 9.85. The van der Waals surface area contributed by atoms with Crippen molar-refractivity contribution in [2.24, 2.45) is 28.8 Å². The normalized spacial score (nSPS) is 26.7. The largest absolute Gasteiger partial charge is 0.342 e. The van der Waals surface area contributed by atoms with Crippen molar-refractivity contribution in [3.63, 3.8) is 0 Å². The van der Waals surface area contributed by atoms with Gasteiger partial charge in [-0.3, -0.25) is 9.59 Å². The van der Waals surface area contributed by atoms with Crippen LogP contribution in [0.1, 0.15) is 17.5 Å². The SMILES string of the molecule is O=C1[C@@H]2[C@H](C(=O)N1N=Cc1cn(Cc3ccc(Cl)cc3)c3ccccc13)[C@H]1C=C[C@H]2C1. The lowest BCUT2D eigenvalue weighted by molar-refractivity contribution is -0.140. The second-order valence-electron chi connectivity index (χ2n) is 8.59. The molecule has 6 rings (SSSR count).